The fourth-order valence-corrected chi connectivity index (χ4v) is 4.63. The van der Waals surface area contributed by atoms with Crippen molar-refractivity contribution in [3.63, 3.8) is 0 Å². The molecule has 0 atom stereocenters. The van der Waals surface area contributed by atoms with Crippen LogP contribution >= 0.6 is 22.9 Å². The maximum absolute atomic E-state index is 13.0. The van der Waals surface area contributed by atoms with E-state index in [0.29, 0.717) is 29.8 Å². The third kappa shape index (κ3) is 3.84. The Kier molecular flexibility index (Phi) is 5.25. The lowest BCUT2D eigenvalue weighted by molar-refractivity contribution is 0.0778. The lowest BCUT2D eigenvalue weighted by Crippen LogP contribution is -2.30. The van der Waals surface area contributed by atoms with E-state index in [4.69, 9.17) is 21.3 Å². The zero-order valence-electron chi connectivity index (χ0n) is 16.2. The summed E-state index contributed by atoms with van der Waals surface area (Å²) in [5.74, 6) is 2.11. The Hall–Kier alpha value is -2.18. The Bertz CT molecular complexity index is 1050. The molecule has 0 unspecified atom stereocenters. The second kappa shape index (κ2) is 7.68. The number of likely N-dealkylation sites (N-methyl/N-ethyl adjacent to an activating group) is 1. The molecule has 1 aliphatic rings. The van der Waals surface area contributed by atoms with E-state index in [2.05, 4.69) is 4.98 Å². The number of nitrogens with zero attached hydrogens (tertiary/aromatic N) is 3. The monoisotopic (exact) mass is 415 g/mol. The summed E-state index contributed by atoms with van der Waals surface area (Å²) in [5, 5.41) is 1.64. The van der Waals surface area contributed by atoms with Crippen molar-refractivity contribution < 1.29 is 9.53 Å². The molecule has 7 heteroatoms. The normalized spacial score (nSPS) is 13.7. The third-order valence-electron chi connectivity index (χ3n) is 4.96. The van der Waals surface area contributed by atoms with Crippen LogP contribution in [0.5, 0.6) is 5.75 Å². The van der Waals surface area contributed by atoms with Crippen LogP contribution in [0.25, 0.3) is 10.2 Å². The highest BCUT2D eigenvalue weighted by molar-refractivity contribution is 7.20. The van der Waals surface area contributed by atoms with Crippen molar-refractivity contribution in [2.24, 2.45) is 0 Å². The number of carbonyl (C=O) groups is 1. The number of benzene rings is 1. The first-order chi connectivity index (χ1) is 13.4. The SMILES string of the molecule is Cc1nc(C2CC2)nc2sc(C(=O)N(C)CCOc3cccc(Cl)c3)c(C)c12. The molecule has 2 heterocycles. The maximum atomic E-state index is 13.0. The van der Waals surface area contributed by atoms with Gasteiger partial charge in [-0.1, -0.05) is 17.7 Å². The van der Waals surface area contributed by atoms with E-state index < -0.39 is 0 Å². The minimum atomic E-state index is -0.0115. The van der Waals surface area contributed by atoms with Gasteiger partial charge in [0.25, 0.3) is 5.91 Å². The van der Waals surface area contributed by atoms with Crippen molar-refractivity contribution in [2.75, 3.05) is 20.2 Å². The number of amides is 1. The van der Waals surface area contributed by atoms with Crippen molar-refractivity contribution in [3.05, 3.63) is 51.2 Å². The molecule has 2 aromatic heterocycles. The molecule has 3 aromatic rings. The molecule has 0 spiro atoms. The summed E-state index contributed by atoms with van der Waals surface area (Å²) < 4.78 is 5.70. The first-order valence-electron chi connectivity index (χ1n) is 9.35. The fourth-order valence-electron chi connectivity index (χ4n) is 3.22. The first-order valence-corrected chi connectivity index (χ1v) is 10.5. The number of ether oxygens (including phenoxy) is 1. The van der Waals surface area contributed by atoms with Crippen LogP contribution in [0.4, 0.5) is 0 Å². The summed E-state index contributed by atoms with van der Waals surface area (Å²) in [6, 6.07) is 7.25. The lowest BCUT2D eigenvalue weighted by atomic mass is 10.1. The molecule has 0 N–H and O–H groups in total. The molecule has 1 amide bonds. The maximum Gasteiger partial charge on any atom is 0.264 e. The zero-order chi connectivity index (χ0) is 19.8. The molecule has 1 saturated carbocycles. The molecule has 0 radical (unpaired) electrons. The lowest BCUT2D eigenvalue weighted by Gasteiger charge is -2.17. The predicted molar refractivity (Wildman–Crippen MR) is 113 cm³/mol. The average Bonchev–Trinajstić information content (AvgIpc) is 3.45. The van der Waals surface area contributed by atoms with E-state index in [1.807, 2.05) is 26.0 Å². The van der Waals surface area contributed by atoms with Crippen molar-refractivity contribution in [1.82, 2.24) is 14.9 Å². The summed E-state index contributed by atoms with van der Waals surface area (Å²) in [6.45, 7) is 4.87. The van der Waals surface area contributed by atoms with Crippen LogP contribution in [-0.2, 0) is 0 Å². The summed E-state index contributed by atoms with van der Waals surface area (Å²) in [7, 11) is 1.79. The van der Waals surface area contributed by atoms with Gasteiger partial charge in [0.05, 0.1) is 17.1 Å². The van der Waals surface area contributed by atoms with Gasteiger partial charge in [0.15, 0.2) is 0 Å². The number of hydrogen-bond donors (Lipinski definition) is 0. The van der Waals surface area contributed by atoms with Crippen LogP contribution in [0.1, 0.15) is 45.5 Å². The summed E-state index contributed by atoms with van der Waals surface area (Å²) in [5.41, 5.74) is 1.93. The van der Waals surface area contributed by atoms with Crippen LogP contribution in [0, 0.1) is 13.8 Å². The quantitative estimate of drug-likeness (QED) is 0.569. The van der Waals surface area contributed by atoms with E-state index in [1.54, 1.807) is 24.1 Å². The molecule has 4 rings (SSSR count). The zero-order valence-corrected chi connectivity index (χ0v) is 17.7. The fraction of sp³-hybridized carbons (Fsp3) is 0.381. The van der Waals surface area contributed by atoms with Gasteiger partial charge >= 0.3 is 0 Å². The van der Waals surface area contributed by atoms with E-state index in [1.165, 1.54) is 11.3 Å². The smallest absolute Gasteiger partial charge is 0.264 e. The van der Waals surface area contributed by atoms with Crippen molar-refractivity contribution >= 4 is 39.1 Å². The molecule has 5 nitrogen and oxygen atoms in total. The average molecular weight is 416 g/mol. The Morgan fingerprint density at radius 2 is 2.11 bits per heavy atom. The third-order valence-corrected chi connectivity index (χ3v) is 6.37. The van der Waals surface area contributed by atoms with Gasteiger partial charge < -0.3 is 9.64 Å². The Balaban J connectivity index is 1.48. The molecule has 0 aliphatic heterocycles. The van der Waals surface area contributed by atoms with Crippen LogP contribution in [0.3, 0.4) is 0 Å². The number of aryl methyl sites for hydroxylation is 2. The van der Waals surface area contributed by atoms with Gasteiger partial charge in [0.2, 0.25) is 0 Å². The molecule has 28 heavy (non-hydrogen) atoms. The number of rotatable bonds is 6. The molecular formula is C21H22ClN3O2S. The van der Waals surface area contributed by atoms with Crippen molar-refractivity contribution in [1.29, 1.82) is 0 Å². The second-order valence-corrected chi connectivity index (χ2v) is 8.65. The Labute approximate surface area is 173 Å². The Morgan fingerprint density at radius 1 is 1.32 bits per heavy atom. The minimum Gasteiger partial charge on any atom is -0.492 e. The van der Waals surface area contributed by atoms with Gasteiger partial charge in [-0.2, -0.15) is 0 Å². The van der Waals surface area contributed by atoms with Crippen LogP contribution < -0.4 is 4.74 Å². The molecule has 1 fully saturated rings. The summed E-state index contributed by atoms with van der Waals surface area (Å²) in [4.78, 5) is 25.7. The number of aromatic nitrogens is 2. The van der Waals surface area contributed by atoms with Gasteiger partial charge in [-0.3, -0.25) is 4.79 Å². The van der Waals surface area contributed by atoms with Gasteiger partial charge in [-0.05, 0) is 50.5 Å². The largest absolute Gasteiger partial charge is 0.492 e. The van der Waals surface area contributed by atoms with E-state index in [9.17, 15) is 4.79 Å². The highest BCUT2D eigenvalue weighted by Crippen LogP contribution is 2.40. The predicted octanol–water partition coefficient (Wildman–Crippen LogP) is 4.99. The van der Waals surface area contributed by atoms with Crippen LogP contribution in [0.15, 0.2) is 24.3 Å². The van der Waals surface area contributed by atoms with Crippen molar-refractivity contribution in [3.8, 4) is 5.75 Å². The summed E-state index contributed by atoms with van der Waals surface area (Å²) >= 11 is 7.43. The minimum absolute atomic E-state index is 0.0115. The molecule has 0 bridgehead atoms. The van der Waals surface area contributed by atoms with Crippen molar-refractivity contribution in [2.45, 2.75) is 32.6 Å². The second-order valence-electron chi connectivity index (χ2n) is 7.21. The first kappa shape index (κ1) is 19.2. The van der Waals surface area contributed by atoms with Gasteiger partial charge in [0.1, 0.15) is 23.0 Å². The number of fused-ring (bicyclic) bond motifs is 1. The van der Waals surface area contributed by atoms with Gasteiger partial charge in [-0.15, -0.1) is 11.3 Å². The Morgan fingerprint density at radius 3 is 2.82 bits per heavy atom. The number of carbonyl (C=O) groups excluding carboxylic acids is 1. The topological polar surface area (TPSA) is 55.3 Å². The van der Waals surface area contributed by atoms with E-state index in [-0.39, 0.29) is 5.91 Å². The summed E-state index contributed by atoms with van der Waals surface area (Å²) in [6.07, 6.45) is 2.33. The molecule has 0 saturated heterocycles. The number of halogens is 1. The molecular weight excluding hydrogens is 394 g/mol. The molecule has 146 valence electrons. The van der Waals surface area contributed by atoms with Crippen LogP contribution in [0.2, 0.25) is 5.02 Å². The standard InChI is InChI=1S/C21H22ClN3O2S/c1-12-17-13(2)23-19(14-7-8-14)24-20(17)28-18(12)21(26)25(3)9-10-27-16-6-4-5-15(22)11-16/h4-6,11,14H,7-10H2,1-3H3. The highest BCUT2D eigenvalue weighted by Gasteiger charge is 2.29. The van der Waals surface area contributed by atoms with Crippen LogP contribution in [-0.4, -0.2) is 41.0 Å². The van der Waals surface area contributed by atoms with Gasteiger partial charge in [-0.25, -0.2) is 9.97 Å². The number of thiophene rings is 1. The molecule has 1 aromatic carbocycles. The number of hydrogen-bond acceptors (Lipinski definition) is 5. The highest BCUT2D eigenvalue weighted by atomic mass is 35.5. The van der Waals surface area contributed by atoms with E-state index >= 15 is 0 Å². The van der Waals surface area contributed by atoms with Gasteiger partial charge in [0, 0.05) is 23.4 Å². The van der Waals surface area contributed by atoms with E-state index in [0.717, 1.165) is 45.0 Å². The molecule has 1 aliphatic carbocycles.